The van der Waals surface area contributed by atoms with Gasteiger partial charge in [0.05, 0.1) is 28.6 Å². The highest BCUT2D eigenvalue weighted by Crippen LogP contribution is 2.34. The molecule has 0 bridgehead atoms. The molecule has 0 amide bonds. The minimum atomic E-state index is 0.906. The fourth-order valence-electron chi connectivity index (χ4n) is 6.06. The van der Waals surface area contributed by atoms with Crippen molar-refractivity contribution in [2.75, 3.05) is 37.6 Å². The summed E-state index contributed by atoms with van der Waals surface area (Å²) < 4.78 is 0. The molecule has 0 radical (unpaired) electrons. The van der Waals surface area contributed by atoms with Crippen molar-refractivity contribution in [3.63, 3.8) is 0 Å². The van der Waals surface area contributed by atoms with E-state index in [0.717, 1.165) is 76.2 Å². The Morgan fingerprint density at radius 3 is 2.62 bits per heavy atom. The lowest BCUT2D eigenvalue weighted by atomic mass is 10.0. The predicted molar refractivity (Wildman–Crippen MR) is 162 cm³/mol. The van der Waals surface area contributed by atoms with E-state index < -0.39 is 0 Å². The second-order valence-electron chi connectivity index (χ2n) is 10.8. The molecule has 7 heteroatoms. The summed E-state index contributed by atoms with van der Waals surface area (Å²) in [7, 11) is 0. The van der Waals surface area contributed by atoms with E-state index in [1.807, 2.05) is 18.5 Å². The second-order valence-corrected chi connectivity index (χ2v) is 10.8. The number of rotatable bonds is 9. The number of piperidine rings is 1. The summed E-state index contributed by atoms with van der Waals surface area (Å²) in [6.45, 7) is 12.0. The first-order valence-corrected chi connectivity index (χ1v) is 14.5. The lowest BCUT2D eigenvalue weighted by Gasteiger charge is -2.28. The van der Waals surface area contributed by atoms with Gasteiger partial charge < -0.3 is 14.8 Å². The number of nitrogens with zero attached hydrogens (tertiary/aromatic N) is 5. The molecule has 2 saturated heterocycles. The molecular weight excluding hydrogens is 482 g/mol. The van der Waals surface area contributed by atoms with Gasteiger partial charge in [-0.25, -0.2) is 4.98 Å². The van der Waals surface area contributed by atoms with Crippen molar-refractivity contribution in [1.82, 2.24) is 30.0 Å². The molecule has 0 unspecified atom stereocenters. The number of anilines is 1. The fraction of sp³-hybridized carbons (Fsp3) is 0.406. The lowest BCUT2D eigenvalue weighted by molar-refractivity contribution is 0.334. The Morgan fingerprint density at radius 2 is 1.82 bits per heavy atom. The molecule has 0 saturated carbocycles. The summed E-state index contributed by atoms with van der Waals surface area (Å²) in [4.78, 5) is 18.1. The molecule has 202 valence electrons. The molecule has 4 aromatic heterocycles. The van der Waals surface area contributed by atoms with E-state index in [9.17, 15) is 0 Å². The average Bonchev–Trinajstić information content (AvgIpc) is 3.74. The number of fused-ring (bicyclic) bond motifs is 2. The van der Waals surface area contributed by atoms with Crippen LogP contribution in [-0.2, 0) is 0 Å². The van der Waals surface area contributed by atoms with E-state index in [1.165, 1.54) is 57.3 Å². The Labute approximate surface area is 230 Å². The van der Waals surface area contributed by atoms with E-state index in [2.05, 4.69) is 63.7 Å². The maximum atomic E-state index is 4.78. The number of allylic oxidation sites excluding steroid dienone is 5. The monoisotopic (exact) mass is 521 g/mol. The molecule has 0 aliphatic carbocycles. The molecule has 0 aromatic carbocycles. The van der Waals surface area contributed by atoms with Crippen molar-refractivity contribution in [3.05, 3.63) is 66.7 Å². The van der Waals surface area contributed by atoms with Crippen LogP contribution in [0.2, 0.25) is 0 Å². The molecule has 2 aliphatic rings. The van der Waals surface area contributed by atoms with Gasteiger partial charge in [0.25, 0.3) is 0 Å². The zero-order valence-electron chi connectivity index (χ0n) is 23.0. The molecular formula is C32H39N7. The van der Waals surface area contributed by atoms with Gasteiger partial charge in [-0.05, 0) is 107 Å². The molecule has 6 rings (SSSR count). The molecule has 6 heterocycles. The summed E-state index contributed by atoms with van der Waals surface area (Å²) in [5.74, 6) is 1.07. The first-order chi connectivity index (χ1) is 19.2. The number of pyridine rings is 2. The van der Waals surface area contributed by atoms with Crippen LogP contribution in [0.1, 0.15) is 57.6 Å². The van der Waals surface area contributed by atoms with Crippen molar-refractivity contribution in [3.8, 4) is 11.4 Å². The standard InChI is InChI=1S/C32H39N7/c1-3-23(11-10-16-38-14-8-9-15-38)19-24(4-2)28-20-25-30(22-34-28)36-37-31(25)29-21-26-27(35-29)12-13-33-32(26)39-17-6-5-7-18-39/h3-4,12-13,19-22,35H,1,5-11,14-18H2,2H3,(H,36,37)/b23-19+,24-4+. The SMILES string of the molecule is C=C/C(=C\C(=C/C)c1cc2c(-c3cc4c(N5CCCCC5)nccc4[nH]3)n[nH]c2cn1)CCCN1CCCC1. The van der Waals surface area contributed by atoms with Crippen molar-refractivity contribution >= 4 is 33.2 Å². The normalized spacial score (nSPS) is 17.5. The van der Waals surface area contributed by atoms with Crippen LogP contribution in [0.4, 0.5) is 5.82 Å². The highest BCUT2D eigenvalue weighted by atomic mass is 15.2. The van der Waals surface area contributed by atoms with E-state index in [-0.39, 0.29) is 0 Å². The highest BCUT2D eigenvalue weighted by Gasteiger charge is 2.19. The van der Waals surface area contributed by atoms with Gasteiger partial charge in [-0.3, -0.25) is 10.1 Å². The Balaban J connectivity index is 1.28. The minimum absolute atomic E-state index is 0.906. The van der Waals surface area contributed by atoms with Crippen LogP contribution in [0.3, 0.4) is 0 Å². The Kier molecular flexibility index (Phi) is 7.59. The van der Waals surface area contributed by atoms with E-state index >= 15 is 0 Å². The number of hydrogen-bond acceptors (Lipinski definition) is 5. The third-order valence-corrected chi connectivity index (χ3v) is 8.23. The summed E-state index contributed by atoms with van der Waals surface area (Å²) in [5.41, 5.74) is 7.22. The first-order valence-electron chi connectivity index (χ1n) is 14.5. The van der Waals surface area contributed by atoms with Gasteiger partial charge in [0.15, 0.2) is 0 Å². The van der Waals surface area contributed by atoms with Crippen LogP contribution < -0.4 is 4.90 Å². The topological polar surface area (TPSA) is 76.7 Å². The van der Waals surface area contributed by atoms with Crippen molar-refractivity contribution in [1.29, 1.82) is 0 Å². The van der Waals surface area contributed by atoms with E-state index in [0.29, 0.717) is 0 Å². The molecule has 0 atom stereocenters. The Morgan fingerprint density at radius 1 is 1.00 bits per heavy atom. The smallest absolute Gasteiger partial charge is 0.137 e. The quantitative estimate of drug-likeness (QED) is 0.235. The number of nitrogens with one attached hydrogen (secondary N) is 2. The largest absolute Gasteiger partial charge is 0.356 e. The van der Waals surface area contributed by atoms with Crippen LogP contribution in [0, 0.1) is 0 Å². The van der Waals surface area contributed by atoms with Gasteiger partial charge >= 0.3 is 0 Å². The van der Waals surface area contributed by atoms with Gasteiger partial charge in [0, 0.05) is 30.1 Å². The zero-order chi connectivity index (χ0) is 26.6. The lowest BCUT2D eigenvalue weighted by Crippen LogP contribution is -2.30. The third kappa shape index (κ3) is 5.41. The number of hydrogen-bond donors (Lipinski definition) is 2. The molecule has 0 spiro atoms. The number of H-pyrrole nitrogens is 2. The van der Waals surface area contributed by atoms with Crippen molar-refractivity contribution in [2.45, 2.75) is 51.9 Å². The van der Waals surface area contributed by atoms with Gasteiger partial charge in [-0.2, -0.15) is 5.10 Å². The Hall–Kier alpha value is -3.71. The second kappa shape index (κ2) is 11.6. The molecule has 39 heavy (non-hydrogen) atoms. The van der Waals surface area contributed by atoms with Crippen LogP contribution in [0.15, 0.2) is 61.0 Å². The van der Waals surface area contributed by atoms with E-state index in [4.69, 9.17) is 15.1 Å². The molecule has 2 fully saturated rings. The minimum Gasteiger partial charge on any atom is -0.356 e. The number of aromatic nitrogens is 5. The predicted octanol–water partition coefficient (Wildman–Crippen LogP) is 6.88. The summed E-state index contributed by atoms with van der Waals surface area (Å²) in [5, 5.41) is 10.1. The maximum absolute atomic E-state index is 4.78. The summed E-state index contributed by atoms with van der Waals surface area (Å²) in [6.07, 6.45) is 18.8. The van der Waals surface area contributed by atoms with Gasteiger partial charge in [-0.1, -0.05) is 18.7 Å². The van der Waals surface area contributed by atoms with Crippen LogP contribution in [0.25, 0.3) is 38.8 Å². The van der Waals surface area contributed by atoms with Crippen LogP contribution >= 0.6 is 0 Å². The zero-order valence-corrected chi connectivity index (χ0v) is 23.0. The molecule has 4 aromatic rings. The van der Waals surface area contributed by atoms with Crippen molar-refractivity contribution < 1.29 is 0 Å². The summed E-state index contributed by atoms with van der Waals surface area (Å²) >= 11 is 0. The average molecular weight is 522 g/mol. The van der Waals surface area contributed by atoms with Crippen LogP contribution in [0.5, 0.6) is 0 Å². The first kappa shape index (κ1) is 25.6. The highest BCUT2D eigenvalue weighted by molar-refractivity contribution is 5.99. The fourth-order valence-corrected chi connectivity index (χ4v) is 6.06. The maximum Gasteiger partial charge on any atom is 0.137 e. The number of aromatic amines is 2. The number of likely N-dealkylation sites (tertiary alicyclic amines) is 1. The van der Waals surface area contributed by atoms with Crippen molar-refractivity contribution in [2.24, 2.45) is 0 Å². The molecule has 7 nitrogen and oxygen atoms in total. The van der Waals surface area contributed by atoms with E-state index in [1.54, 1.807) is 0 Å². The van der Waals surface area contributed by atoms with Gasteiger partial charge in [-0.15, -0.1) is 0 Å². The van der Waals surface area contributed by atoms with Gasteiger partial charge in [0.1, 0.15) is 11.5 Å². The third-order valence-electron chi connectivity index (χ3n) is 8.23. The van der Waals surface area contributed by atoms with Crippen LogP contribution in [-0.4, -0.2) is 62.8 Å². The summed E-state index contributed by atoms with van der Waals surface area (Å²) in [6, 6.07) is 6.41. The molecule has 2 N–H and O–H groups in total. The van der Waals surface area contributed by atoms with Gasteiger partial charge in [0.2, 0.25) is 0 Å². The molecule has 2 aliphatic heterocycles. The Bertz CT molecular complexity index is 1510.